The van der Waals surface area contributed by atoms with Gasteiger partial charge in [0.25, 0.3) is 0 Å². The summed E-state index contributed by atoms with van der Waals surface area (Å²) < 4.78 is 0. The minimum atomic E-state index is -0.637. The van der Waals surface area contributed by atoms with E-state index in [2.05, 4.69) is 37.8 Å². The van der Waals surface area contributed by atoms with Crippen molar-refractivity contribution >= 4 is 0 Å². The van der Waals surface area contributed by atoms with E-state index in [1.165, 1.54) is 22.3 Å². The highest BCUT2D eigenvalue weighted by Gasteiger charge is 2.16. The smallest absolute Gasteiger partial charge is 0.0718 e. The molecule has 1 rings (SSSR count). The molecule has 1 aromatic carbocycles. The maximum absolute atomic E-state index is 9.79. The molecule has 0 aliphatic carbocycles. The summed E-state index contributed by atoms with van der Waals surface area (Å²) >= 11 is 0. The number of hydrogen-bond donors (Lipinski definition) is 1. The van der Waals surface area contributed by atoms with Gasteiger partial charge in [0.15, 0.2) is 0 Å². The fraction of sp³-hybridized carbons (Fsp3) is 0.600. The van der Waals surface area contributed by atoms with Crippen LogP contribution in [0.15, 0.2) is 12.1 Å². The van der Waals surface area contributed by atoms with Gasteiger partial charge in [0, 0.05) is 13.1 Å². The van der Waals surface area contributed by atoms with Gasteiger partial charge in [0.1, 0.15) is 0 Å². The summed E-state index contributed by atoms with van der Waals surface area (Å²) in [4.78, 5) is 2.16. The molecule has 0 fully saturated rings. The number of nitrogens with zero attached hydrogens (tertiary/aromatic N) is 1. The molecular formula is C15H25NO. The molecule has 0 aliphatic heterocycles. The Morgan fingerprint density at radius 2 is 1.71 bits per heavy atom. The quantitative estimate of drug-likeness (QED) is 0.867. The van der Waals surface area contributed by atoms with Crippen molar-refractivity contribution in [3.8, 4) is 0 Å². The number of benzene rings is 1. The third-order valence-electron chi connectivity index (χ3n) is 3.27. The topological polar surface area (TPSA) is 23.5 Å². The lowest BCUT2D eigenvalue weighted by Crippen LogP contribution is -2.36. The van der Waals surface area contributed by atoms with E-state index in [9.17, 15) is 5.11 Å². The zero-order valence-corrected chi connectivity index (χ0v) is 12.0. The van der Waals surface area contributed by atoms with Crippen molar-refractivity contribution in [2.24, 2.45) is 0 Å². The molecule has 0 aromatic heterocycles. The summed E-state index contributed by atoms with van der Waals surface area (Å²) in [6.45, 7) is 11.7. The molecule has 2 heteroatoms. The van der Waals surface area contributed by atoms with Gasteiger partial charge in [-0.3, -0.25) is 4.90 Å². The van der Waals surface area contributed by atoms with Gasteiger partial charge < -0.3 is 5.11 Å². The second-order valence-corrected chi connectivity index (χ2v) is 5.78. The van der Waals surface area contributed by atoms with Gasteiger partial charge in [-0.1, -0.05) is 12.1 Å². The zero-order chi connectivity index (χ0) is 13.2. The van der Waals surface area contributed by atoms with Crippen LogP contribution in [0.5, 0.6) is 0 Å². The molecule has 0 heterocycles. The summed E-state index contributed by atoms with van der Waals surface area (Å²) in [6, 6.07) is 4.37. The lowest BCUT2D eigenvalue weighted by molar-refractivity contribution is 0.0424. The molecule has 96 valence electrons. The molecule has 0 aliphatic rings. The number of hydrogen-bond acceptors (Lipinski definition) is 2. The molecule has 0 radical (unpaired) electrons. The molecule has 2 nitrogen and oxygen atoms in total. The molecule has 1 N–H and O–H groups in total. The number of likely N-dealkylation sites (N-methyl/N-ethyl adjacent to an activating group) is 1. The molecule has 0 saturated heterocycles. The molecule has 0 bridgehead atoms. The summed E-state index contributed by atoms with van der Waals surface area (Å²) in [7, 11) is 2.05. The van der Waals surface area contributed by atoms with Crippen LogP contribution in [-0.2, 0) is 6.54 Å². The molecule has 1 aromatic rings. The predicted octanol–water partition coefficient (Wildman–Crippen LogP) is 2.81. The Balaban J connectivity index is 2.79. The van der Waals surface area contributed by atoms with Gasteiger partial charge >= 0.3 is 0 Å². The first-order valence-corrected chi connectivity index (χ1v) is 6.17. The average molecular weight is 235 g/mol. The summed E-state index contributed by atoms with van der Waals surface area (Å²) in [5, 5.41) is 9.79. The van der Waals surface area contributed by atoms with Crippen LogP contribution in [-0.4, -0.2) is 29.2 Å². The van der Waals surface area contributed by atoms with Crippen LogP contribution in [0.2, 0.25) is 0 Å². The van der Waals surface area contributed by atoms with Crippen molar-refractivity contribution in [1.82, 2.24) is 4.90 Å². The van der Waals surface area contributed by atoms with E-state index in [4.69, 9.17) is 0 Å². The van der Waals surface area contributed by atoms with E-state index in [1.807, 2.05) is 20.9 Å². The fourth-order valence-electron chi connectivity index (χ4n) is 2.19. The first kappa shape index (κ1) is 14.2. The molecule has 0 spiro atoms. The Kier molecular flexibility index (Phi) is 4.34. The Morgan fingerprint density at radius 3 is 2.24 bits per heavy atom. The number of aryl methyl sites for hydroxylation is 1. The van der Waals surface area contributed by atoms with E-state index in [0.29, 0.717) is 6.54 Å². The van der Waals surface area contributed by atoms with E-state index in [1.54, 1.807) is 0 Å². The van der Waals surface area contributed by atoms with Crippen molar-refractivity contribution in [3.63, 3.8) is 0 Å². The minimum Gasteiger partial charge on any atom is -0.389 e. The zero-order valence-electron chi connectivity index (χ0n) is 12.0. The lowest BCUT2D eigenvalue weighted by Gasteiger charge is -2.26. The van der Waals surface area contributed by atoms with Crippen LogP contribution in [0, 0.1) is 20.8 Å². The highest BCUT2D eigenvalue weighted by Crippen LogP contribution is 2.18. The molecule has 0 unspecified atom stereocenters. The number of aliphatic hydroxyl groups is 1. The van der Waals surface area contributed by atoms with Crippen LogP contribution >= 0.6 is 0 Å². The van der Waals surface area contributed by atoms with Gasteiger partial charge in [-0.15, -0.1) is 0 Å². The molecule has 0 saturated carbocycles. The van der Waals surface area contributed by atoms with Gasteiger partial charge in [0.2, 0.25) is 0 Å². The van der Waals surface area contributed by atoms with Crippen LogP contribution in [0.3, 0.4) is 0 Å². The normalized spacial score (nSPS) is 12.2. The second kappa shape index (κ2) is 5.19. The van der Waals surface area contributed by atoms with Gasteiger partial charge in [-0.25, -0.2) is 0 Å². The van der Waals surface area contributed by atoms with Crippen molar-refractivity contribution < 1.29 is 5.11 Å². The summed E-state index contributed by atoms with van der Waals surface area (Å²) in [6.07, 6.45) is 0. The second-order valence-electron chi connectivity index (χ2n) is 5.78. The Labute approximate surface area is 105 Å². The van der Waals surface area contributed by atoms with Gasteiger partial charge in [-0.2, -0.15) is 0 Å². The van der Waals surface area contributed by atoms with Crippen LogP contribution in [0.4, 0.5) is 0 Å². The van der Waals surface area contributed by atoms with Crippen molar-refractivity contribution in [3.05, 3.63) is 34.4 Å². The summed E-state index contributed by atoms with van der Waals surface area (Å²) in [5.41, 5.74) is 4.80. The standard InChI is InChI=1S/C15H25NO/c1-11-7-8-14(13(3)12(11)2)9-16(6)10-15(4,5)17/h7-8,17H,9-10H2,1-6H3. The monoisotopic (exact) mass is 235 g/mol. The molecule has 17 heavy (non-hydrogen) atoms. The highest BCUT2D eigenvalue weighted by atomic mass is 16.3. The predicted molar refractivity (Wildman–Crippen MR) is 73.3 cm³/mol. The van der Waals surface area contributed by atoms with Crippen LogP contribution < -0.4 is 0 Å². The third kappa shape index (κ3) is 4.14. The largest absolute Gasteiger partial charge is 0.389 e. The van der Waals surface area contributed by atoms with Gasteiger partial charge in [-0.05, 0) is 63.9 Å². The van der Waals surface area contributed by atoms with Crippen molar-refractivity contribution in [1.29, 1.82) is 0 Å². The first-order chi connectivity index (χ1) is 7.70. The van der Waals surface area contributed by atoms with Crippen molar-refractivity contribution in [2.75, 3.05) is 13.6 Å². The van der Waals surface area contributed by atoms with Crippen LogP contribution in [0.1, 0.15) is 36.1 Å². The average Bonchev–Trinajstić information content (AvgIpc) is 2.16. The minimum absolute atomic E-state index is 0.637. The maximum atomic E-state index is 9.79. The SMILES string of the molecule is Cc1ccc(CN(C)CC(C)(C)O)c(C)c1C. The van der Waals surface area contributed by atoms with Crippen LogP contribution in [0.25, 0.3) is 0 Å². The fourth-order valence-corrected chi connectivity index (χ4v) is 2.19. The van der Waals surface area contributed by atoms with E-state index >= 15 is 0 Å². The molecule has 0 atom stereocenters. The Hall–Kier alpha value is -0.860. The first-order valence-electron chi connectivity index (χ1n) is 6.17. The number of rotatable bonds is 4. The van der Waals surface area contributed by atoms with E-state index in [-0.39, 0.29) is 0 Å². The van der Waals surface area contributed by atoms with Crippen molar-refractivity contribution in [2.45, 2.75) is 46.8 Å². The summed E-state index contributed by atoms with van der Waals surface area (Å²) in [5.74, 6) is 0. The Morgan fingerprint density at radius 1 is 1.12 bits per heavy atom. The highest BCUT2D eigenvalue weighted by molar-refractivity contribution is 5.38. The molecular weight excluding hydrogens is 210 g/mol. The lowest BCUT2D eigenvalue weighted by atomic mass is 9.98. The van der Waals surface area contributed by atoms with E-state index in [0.717, 1.165) is 6.54 Å². The van der Waals surface area contributed by atoms with Gasteiger partial charge in [0.05, 0.1) is 5.60 Å². The molecule has 0 amide bonds. The maximum Gasteiger partial charge on any atom is 0.0718 e. The third-order valence-corrected chi connectivity index (χ3v) is 3.27. The Bertz CT molecular complexity index is 391. The van der Waals surface area contributed by atoms with E-state index < -0.39 is 5.60 Å².